The Kier molecular flexibility index (Phi) is 35.7. The van der Waals surface area contributed by atoms with Gasteiger partial charge in [-0.05, 0) is 82.1 Å². The van der Waals surface area contributed by atoms with Gasteiger partial charge in [0.05, 0.1) is 58.3 Å². The van der Waals surface area contributed by atoms with Gasteiger partial charge in [-0.25, -0.2) is 60.7 Å². The van der Waals surface area contributed by atoms with Crippen molar-refractivity contribution in [2.75, 3.05) is 67.0 Å². The van der Waals surface area contributed by atoms with Gasteiger partial charge in [0, 0.05) is 26.2 Å². The van der Waals surface area contributed by atoms with Crippen molar-refractivity contribution in [2.24, 2.45) is 0 Å². The summed E-state index contributed by atoms with van der Waals surface area (Å²) < 4.78 is 92.7. The van der Waals surface area contributed by atoms with Crippen LogP contribution < -0.4 is 17.1 Å². The number of hydrogen-bond donors (Lipinski definition) is 0. The van der Waals surface area contributed by atoms with Gasteiger partial charge in [-0.2, -0.15) is 10.1 Å². The molecule has 0 saturated carbocycles. The van der Waals surface area contributed by atoms with Crippen LogP contribution in [-0.2, 0) is 104 Å². The Hall–Kier alpha value is -3.51. The lowest BCUT2D eigenvalue weighted by Crippen LogP contribution is -2.55. The first-order valence-electron chi connectivity index (χ1n) is 22.1. The van der Waals surface area contributed by atoms with E-state index in [4.69, 9.17) is 37.7 Å². The highest BCUT2D eigenvalue weighted by Crippen LogP contribution is 2.52. The zero-order valence-corrected chi connectivity index (χ0v) is 44.5. The summed E-state index contributed by atoms with van der Waals surface area (Å²) in [5.41, 5.74) is -3.86. The van der Waals surface area contributed by atoms with Gasteiger partial charge in [-0.1, -0.05) is 13.8 Å². The van der Waals surface area contributed by atoms with Crippen molar-refractivity contribution in [3.05, 3.63) is 31.5 Å². The molecule has 26 nitrogen and oxygen atoms in total. The first kappa shape index (κ1) is 66.6. The highest BCUT2D eigenvalue weighted by atomic mass is 31.2. The summed E-state index contributed by atoms with van der Waals surface area (Å²) in [6.45, 7) is 18.2. The smallest absolute Gasteiger partial charge is 0.462 e. The summed E-state index contributed by atoms with van der Waals surface area (Å²) in [5.74, 6) is -2.34. The minimum Gasteiger partial charge on any atom is -0.462 e. The van der Waals surface area contributed by atoms with Gasteiger partial charge in [0.15, 0.2) is 18.3 Å². The molecule has 0 saturated heterocycles. The SMILES string of the molecule is CCOP(=O)(OCC)C(C)COC(C)C(=O)OCCn1c(=O)n(CCOC(=O)C(C)ON(C)C(C)CC)c(=O)n(CCOC(=O)C(C)ON(C)C(C)CC)c1=O.CCOP(=O)=O.CCOP(=O)=O. The van der Waals surface area contributed by atoms with E-state index in [-0.39, 0.29) is 45.1 Å². The molecule has 0 fully saturated rings. The van der Waals surface area contributed by atoms with E-state index >= 15 is 0 Å². The van der Waals surface area contributed by atoms with Gasteiger partial charge >= 0.3 is 58.4 Å². The van der Waals surface area contributed by atoms with Crippen LogP contribution in [0.15, 0.2) is 14.4 Å². The molecule has 0 aliphatic carbocycles. The predicted molar refractivity (Wildman–Crippen MR) is 244 cm³/mol. The molecule has 6 atom stereocenters. The van der Waals surface area contributed by atoms with Crippen LogP contribution in [0.1, 0.15) is 95.9 Å². The summed E-state index contributed by atoms with van der Waals surface area (Å²) >= 11 is 0. The van der Waals surface area contributed by atoms with E-state index in [9.17, 15) is 51.6 Å². The van der Waals surface area contributed by atoms with Crippen LogP contribution in [0, 0.1) is 0 Å². The predicted octanol–water partition coefficient (Wildman–Crippen LogP) is 4.18. The lowest BCUT2D eigenvalue weighted by Gasteiger charge is -2.25. The van der Waals surface area contributed by atoms with Crippen molar-refractivity contribution in [1.29, 1.82) is 0 Å². The second-order valence-electron chi connectivity index (χ2n) is 14.4. The van der Waals surface area contributed by atoms with Crippen molar-refractivity contribution >= 4 is 41.3 Å². The normalized spacial score (nSPS) is 14.0. The Morgan fingerprint density at radius 1 is 0.544 bits per heavy atom. The van der Waals surface area contributed by atoms with Crippen LogP contribution in [0.25, 0.3) is 0 Å². The molecule has 396 valence electrons. The Bertz CT molecular complexity index is 1890. The Balaban J connectivity index is 0. The quantitative estimate of drug-likeness (QED) is 0.0423. The van der Waals surface area contributed by atoms with E-state index in [2.05, 4.69) is 9.05 Å². The molecule has 0 bridgehead atoms. The number of aromatic nitrogens is 3. The third kappa shape index (κ3) is 25.9. The first-order chi connectivity index (χ1) is 31.8. The fraction of sp³-hybridized carbons (Fsp3) is 0.846. The molecule has 29 heteroatoms. The van der Waals surface area contributed by atoms with Crippen LogP contribution in [0.3, 0.4) is 0 Å². The lowest BCUT2D eigenvalue weighted by molar-refractivity contribution is -0.212. The number of nitrogens with zero attached hydrogens (tertiary/aromatic N) is 5. The molecule has 1 aromatic heterocycles. The molecule has 1 rings (SSSR count). The Morgan fingerprint density at radius 2 is 0.853 bits per heavy atom. The summed E-state index contributed by atoms with van der Waals surface area (Å²) in [5, 5.41) is 3.05. The number of carbonyl (C=O) groups excluding carboxylic acids is 3. The van der Waals surface area contributed by atoms with Gasteiger partial charge in [0.1, 0.15) is 19.8 Å². The number of esters is 3. The van der Waals surface area contributed by atoms with Crippen molar-refractivity contribution in [2.45, 2.75) is 152 Å². The summed E-state index contributed by atoms with van der Waals surface area (Å²) in [4.78, 5) is 89.6. The molecule has 0 radical (unpaired) electrons. The standard InChI is InChI=1S/C35H64N5O15P.2C2H5O3P/c1-13-24(5)36(11)54-28(9)31(42)49-21-18-39-33(44)38(17-20-48-30(41)27(8)51-23-26(7)56(47,52-15-3)53-16-4)34(45)40(35(39)46)19-22-50-32(43)29(10)55-37(12)25(6)14-2;2*1-2-5-6(3)4/h24-29H,13-23H2,1-12H3;2*2H2,1H3. The van der Waals surface area contributed by atoms with Crippen molar-refractivity contribution in [1.82, 2.24) is 23.8 Å². The first-order valence-corrected chi connectivity index (χ1v) is 25.9. The van der Waals surface area contributed by atoms with Crippen LogP contribution >= 0.6 is 23.4 Å². The summed E-state index contributed by atoms with van der Waals surface area (Å²) in [7, 11) is -5.34. The third-order valence-electron chi connectivity index (χ3n) is 9.35. The molecule has 0 aliphatic rings. The highest BCUT2D eigenvalue weighted by molar-refractivity contribution is 7.54. The van der Waals surface area contributed by atoms with Crippen molar-refractivity contribution < 1.29 is 83.9 Å². The average molecular weight is 1040 g/mol. The Labute approximate surface area is 398 Å². The summed E-state index contributed by atoms with van der Waals surface area (Å²) in [6, 6.07) is 0.0459. The molecule has 0 N–H and O–H groups in total. The van der Waals surface area contributed by atoms with E-state index < -0.39 is 122 Å². The van der Waals surface area contributed by atoms with Gasteiger partial charge in [-0.3, -0.25) is 23.3 Å². The minimum absolute atomic E-state index is 0.0229. The number of rotatable bonds is 32. The average Bonchev–Trinajstić information content (AvgIpc) is 3.28. The van der Waals surface area contributed by atoms with Crippen molar-refractivity contribution in [3.8, 4) is 0 Å². The minimum atomic E-state index is -3.49. The largest absolute Gasteiger partial charge is 0.468 e. The zero-order valence-electron chi connectivity index (χ0n) is 41.8. The molecular formula is C39H74N5O21P3. The van der Waals surface area contributed by atoms with Crippen LogP contribution in [0.4, 0.5) is 0 Å². The maximum Gasteiger partial charge on any atom is 0.468 e. The molecular weight excluding hydrogens is 967 g/mol. The van der Waals surface area contributed by atoms with Crippen LogP contribution in [0.2, 0.25) is 0 Å². The van der Waals surface area contributed by atoms with Gasteiger partial charge in [0.25, 0.3) is 0 Å². The maximum absolute atomic E-state index is 13.5. The lowest BCUT2D eigenvalue weighted by atomic mass is 10.3. The van der Waals surface area contributed by atoms with E-state index in [1.54, 1.807) is 48.7 Å². The molecule has 0 spiro atoms. The van der Waals surface area contributed by atoms with E-state index in [1.165, 1.54) is 30.9 Å². The van der Waals surface area contributed by atoms with Crippen molar-refractivity contribution in [3.63, 3.8) is 0 Å². The molecule has 0 aliphatic heterocycles. The third-order valence-corrected chi connectivity index (χ3v) is 12.7. The molecule has 0 aromatic carbocycles. The zero-order chi connectivity index (χ0) is 52.7. The maximum atomic E-state index is 13.5. The Morgan fingerprint density at radius 3 is 1.10 bits per heavy atom. The second-order valence-corrected chi connectivity index (χ2v) is 18.3. The van der Waals surface area contributed by atoms with E-state index in [1.807, 2.05) is 27.7 Å². The van der Waals surface area contributed by atoms with Gasteiger partial charge in [-0.15, -0.1) is 0 Å². The highest BCUT2D eigenvalue weighted by Gasteiger charge is 2.33. The van der Waals surface area contributed by atoms with E-state index in [0.29, 0.717) is 13.7 Å². The number of hydroxylamine groups is 4. The molecule has 1 heterocycles. The number of carbonyl (C=O) groups is 3. The monoisotopic (exact) mass is 1040 g/mol. The number of ether oxygens (including phenoxy) is 4. The molecule has 68 heavy (non-hydrogen) atoms. The van der Waals surface area contributed by atoms with E-state index in [0.717, 1.165) is 12.8 Å². The molecule has 0 amide bonds. The molecule has 1 aromatic rings. The topological polar surface area (TPSA) is 301 Å². The van der Waals surface area contributed by atoms with Crippen LogP contribution in [-0.4, -0.2) is 145 Å². The number of hydrogen-bond acceptors (Lipinski definition) is 23. The second kappa shape index (κ2) is 36.4. The van der Waals surface area contributed by atoms with Gasteiger partial charge < -0.3 is 28.0 Å². The summed E-state index contributed by atoms with van der Waals surface area (Å²) in [6.07, 6.45) is -1.58. The fourth-order valence-electron chi connectivity index (χ4n) is 4.93. The van der Waals surface area contributed by atoms with Crippen LogP contribution in [0.5, 0.6) is 0 Å². The fourth-order valence-corrected chi connectivity index (χ4v) is 6.93. The molecule has 6 unspecified atom stereocenters. The van der Waals surface area contributed by atoms with Gasteiger partial charge in [0.2, 0.25) is 0 Å².